The van der Waals surface area contributed by atoms with Crippen molar-refractivity contribution in [3.05, 3.63) is 23.9 Å². The van der Waals surface area contributed by atoms with Gasteiger partial charge < -0.3 is 10.2 Å². The highest BCUT2D eigenvalue weighted by Gasteiger charge is 2.34. The fourth-order valence-corrected chi connectivity index (χ4v) is 2.59. The van der Waals surface area contributed by atoms with Gasteiger partial charge in [-0.1, -0.05) is 0 Å². The van der Waals surface area contributed by atoms with Gasteiger partial charge in [-0.3, -0.25) is 0 Å². The number of rotatable bonds is 3. The van der Waals surface area contributed by atoms with Gasteiger partial charge in [-0.15, -0.1) is 0 Å². The van der Waals surface area contributed by atoms with E-state index in [2.05, 4.69) is 10.3 Å². The molecule has 7 heteroatoms. The lowest BCUT2D eigenvalue weighted by molar-refractivity contribution is -0.137. The number of pyridine rings is 1. The zero-order valence-corrected chi connectivity index (χ0v) is 11.4. The average Bonchev–Trinajstić information content (AvgIpc) is 3.24. The van der Waals surface area contributed by atoms with Crippen LogP contribution in [0, 0.1) is 0 Å². The van der Waals surface area contributed by atoms with Crippen molar-refractivity contribution in [2.75, 3.05) is 18.0 Å². The third kappa shape index (κ3) is 3.45. The second kappa shape index (κ2) is 5.44. The molecule has 1 N–H and O–H groups in total. The first-order valence-electron chi connectivity index (χ1n) is 7.12. The molecular formula is C14H17F4N3. The van der Waals surface area contributed by atoms with E-state index in [0.29, 0.717) is 24.8 Å². The summed E-state index contributed by atoms with van der Waals surface area (Å²) in [6, 6.07) is 2.60. The summed E-state index contributed by atoms with van der Waals surface area (Å²) in [4.78, 5) is 5.52. The van der Waals surface area contributed by atoms with E-state index in [1.54, 1.807) is 4.90 Å². The lowest BCUT2D eigenvalue weighted by atomic mass is 10.0. The highest BCUT2D eigenvalue weighted by molar-refractivity contribution is 5.40. The zero-order chi connectivity index (χ0) is 15.0. The maximum absolute atomic E-state index is 14.1. The SMILES string of the molecule is F[C@H]1CN(c2ccc(C(F)(F)F)cn2)CC[C@H]1NC1CC1. The van der Waals surface area contributed by atoms with Crippen LogP contribution in [0.5, 0.6) is 0 Å². The number of nitrogens with zero attached hydrogens (tertiary/aromatic N) is 2. The zero-order valence-electron chi connectivity index (χ0n) is 11.4. The molecule has 21 heavy (non-hydrogen) atoms. The van der Waals surface area contributed by atoms with E-state index in [1.807, 2.05) is 0 Å². The van der Waals surface area contributed by atoms with Gasteiger partial charge in [0.25, 0.3) is 0 Å². The van der Waals surface area contributed by atoms with Crippen LogP contribution < -0.4 is 10.2 Å². The Morgan fingerprint density at radius 2 is 1.95 bits per heavy atom. The van der Waals surface area contributed by atoms with Crippen molar-refractivity contribution in [3.63, 3.8) is 0 Å². The van der Waals surface area contributed by atoms with Crippen molar-refractivity contribution in [2.45, 2.75) is 43.7 Å². The van der Waals surface area contributed by atoms with Crippen LogP contribution in [0.15, 0.2) is 18.3 Å². The van der Waals surface area contributed by atoms with E-state index >= 15 is 0 Å². The Morgan fingerprint density at radius 1 is 1.19 bits per heavy atom. The quantitative estimate of drug-likeness (QED) is 0.870. The van der Waals surface area contributed by atoms with Gasteiger partial charge >= 0.3 is 6.18 Å². The van der Waals surface area contributed by atoms with E-state index in [9.17, 15) is 17.6 Å². The van der Waals surface area contributed by atoms with Gasteiger partial charge in [0.15, 0.2) is 0 Å². The first kappa shape index (κ1) is 14.6. The summed E-state index contributed by atoms with van der Waals surface area (Å²) in [7, 11) is 0. The molecule has 0 bridgehead atoms. The highest BCUT2D eigenvalue weighted by atomic mass is 19.4. The molecule has 0 spiro atoms. The third-order valence-corrected chi connectivity index (χ3v) is 3.97. The minimum absolute atomic E-state index is 0.150. The molecule has 2 fully saturated rings. The number of anilines is 1. The van der Waals surface area contributed by atoms with Gasteiger partial charge in [-0.05, 0) is 31.4 Å². The molecule has 0 radical (unpaired) electrons. The highest BCUT2D eigenvalue weighted by Crippen LogP contribution is 2.30. The largest absolute Gasteiger partial charge is 0.417 e. The second-order valence-corrected chi connectivity index (χ2v) is 5.70. The predicted octanol–water partition coefficient (Wildman–Crippen LogP) is 2.77. The smallest absolute Gasteiger partial charge is 0.354 e. The van der Waals surface area contributed by atoms with Gasteiger partial charge in [0.05, 0.1) is 12.1 Å². The third-order valence-electron chi connectivity index (χ3n) is 3.97. The Balaban J connectivity index is 1.62. The molecule has 1 saturated heterocycles. The van der Waals surface area contributed by atoms with Crippen LogP contribution in [0.1, 0.15) is 24.8 Å². The molecule has 116 valence electrons. The first-order valence-corrected chi connectivity index (χ1v) is 7.12. The standard InChI is InChI=1S/C14H17F4N3/c15-11-8-21(6-5-12(11)20-10-2-3-10)13-4-1-9(7-19-13)14(16,17)18/h1,4,7,10-12,20H,2-3,5-6,8H2/t11-,12+/m0/s1. The van der Waals surface area contributed by atoms with Crippen molar-refractivity contribution in [2.24, 2.45) is 0 Å². The van der Waals surface area contributed by atoms with Crippen LogP contribution in [-0.4, -0.2) is 36.3 Å². The fourth-order valence-electron chi connectivity index (χ4n) is 2.59. The van der Waals surface area contributed by atoms with Crippen LogP contribution in [0.25, 0.3) is 0 Å². The molecule has 2 atom stereocenters. The average molecular weight is 303 g/mol. The van der Waals surface area contributed by atoms with Gasteiger partial charge in [-0.2, -0.15) is 13.2 Å². The molecule has 0 unspecified atom stereocenters. The topological polar surface area (TPSA) is 28.2 Å². The molecule has 0 aromatic carbocycles. The summed E-state index contributed by atoms with van der Waals surface area (Å²) < 4.78 is 51.6. The molecule has 3 rings (SSSR count). The van der Waals surface area contributed by atoms with Gasteiger partial charge in [-0.25, -0.2) is 9.37 Å². The second-order valence-electron chi connectivity index (χ2n) is 5.70. The van der Waals surface area contributed by atoms with Crippen LogP contribution in [-0.2, 0) is 6.18 Å². The van der Waals surface area contributed by atoms with E-state index in [-0.39, 0.29) is 12.6 Å². The van der Waals surface area contributed by atoms with Crippen LogP contribution >= 0.6 is 0 Å². The normalized spacial score (nSPS) is 27.0. The van der Waals surface area contributed by atoms with E-state index < -0.39 is 17.9 Å². The maximum atomic E-state index is 14.1. The molecule has 1 aromatic heterocycles. The number of nitrogens with one attached hydrogen (secondary N) is 1. The number of halogens is 4. The Bertz CT molecular complexity index is 484. The predicted molar refractivity (Wildman–Crippen MR) is 70.9 cm³/mol. The Labute approximate surface area is 120 Å². The summed E-state index contributed by atoms with van der Waals surface area (Å²) in [5.41, 5.74) is -0.784. The number of aromatic nitrogens is 1. The molecule has 2 heterocycles. The molecule has 1 aromatic rings. The number of piperidine rings is 1. The summed E-state index contributed by atoms with van der Waals surface area (Å²) in [5.74, 6) is 0.399. The molecule has 1 aliphatic carbocycles. The summed E-state index contributed by atoms with van der Waals surface area (Å²) in [6.45, 7) is 0.770. The summed E-state index contributed by atoms with van der Waals surface area (Å²) in [5, 5.41) is 3.27. The first-order chi connectivity index (χ1) is 9.93. The minimum Gasteiger partial charge on any atom is -0.354 e. The van der Waals surface area contributed by atoms with Gasteiger partial charge in [0, 0.05) is 24.8 Å². The van der Waals surface area contributed by atoms with Crippen molar-refractivity contribution in [1.82, 2.24) is 10.3 Å². The molecule has 0 amide bonds. The van der Waals surface area contributed by atoms with Crippen LogP contribution in [0.3, 0.4) is 0 Å². The van der Waals surface area contributed by atoms with E-state index in [0.717, 1.165) is 25.1 Å². The van der Waals surface area contributed by atoms with E-state index in [1.165, 1.54) is 6.07 Å². The monoisotopic (exact) mass is 303 g/mol. The molecular weight excluding hydrogens is 286 g/mol. The van der Waals surface area contributed by atoms with Crippen molar-refractivity contribution < 1.29 is 17.6 Å². The Morgan fingerprint density at radius 3 is 2.48 bits per heavy atom. The number of alkyl halides is 4. The minimum atomic E-state index is -4.39. The Hall–Kier alpha value is -1.37. The van der Waals surface area contributed by atoms with E-state index in [4.69, 9.17) is 0 Å². The van der Waals surface area contributed by atoms with Gasteiger partial charge in [0.2, 0.25) is 0 Å². The van der Waals surface area contributed by atoms with Crippen molar-refractivity contribution >= 4 is 5.82 Å². The van der Waals surface area contributed by atoms with Crippen LogP contribution in [0.4, 0.5) is 23.4 Å². The van der Waals surface area contributed by atoms with Gasteiger partial charge in [0.1, 0.15) is 12.0 Å². The summed E-state index contributed by atoms with van der Waals surface area (Å²) in [6.07, 6.45) is -1.77. The molecule has 2 aliphatic rings. The molecule has 3 nitrogen and oxygen atoms in total. The van der Waals surface area contributed by atoms with Crippen molar-refractivity contribution in [3.8, 4) is 0 Å². The lowest BCUT2D eigenvalue weighted by Gasteiger charge is -2.36. The molecule has 1 saturated carbocycles. The Kier molecular flexibility index (Phi) is 3.77. The maximum Gasteiger partial charge on any atom is 0.417 e. The van der Waals surface area contributed by atoms with Crippen LogP contribution in [0.2, 0.25) is 0 Å². The lowest BCUT2D eigenvalue weighted by Crippen LogP contribution is -2.51. The van der Waals surface area contributed by atoms with Crippen molar-refractivity contribution in [1.29, 1.82) is 0 Å². The fraction of sp³-hybridized carbons (Fsp3) is 0.643. The summed E-state index contributed by atoms with van der Waals surface area (Å²) >= 11 is 0. The number of hydrogen-bond acceptors (Lipinski definition) is 3. The molecule has 1 aliphatic heterocycles. The number of hydrogen-bond donors (Lipinski definition) is 1.